The van der Waals surface area contributed by atoms with Crippen molar-refractivity contribution in [2.75, 3.05) is 0 Å². The van der Waals surface area contributed by atoms with E-state index >= 15 is 0 Å². The van der Waals surface area contributed by atoms with Crippen LogP contribution in [0, 0.1) is 0 Å². The number of aliphatic imine (C=N–C) groups is 1. The molecule has 0 saturated heterocycles. The lowest BCUT2D eigenvalue weighted by Gasteiger charge is -2.32. The van der Waals surface area contributed by atoms with Gasteiger partial charge in [-0.2, -0.15) is 0 Å². The molecule has 1 unspecified atom stereocenters. The minimum absolute atomic E-state index is 0.204. The summed E-state index contributed by atoms with van der Waals surface area (Å²) in [5.74, 6) is -0.546. The van der Waals surface area contributed by atoms with Gasteiger partial charge in [0.1, 0.15) is 10.3 Å². The van der Waals surface area contributed by atoms with Crippen molar-refractivity contribution in [2.45, 2.75) is 24.9 Å². The Hall–Kier alpha value is -0.840. The number of pyridine rings is 1. The highest BCUT2D eigenvalue weighted by molar-refractivity contribution is 6.42. The first-order valence-corrected chi connectivity index (χ1v) is 6.28. The topological polar surface area (TPSA) is 51.6 Å². The minimum Gasteiger partial charge on any atom is -0.432 e. The molecule has 4 nitrogen and oxygen atoms in total. The molecular formula is C11H9Cl3N2O2. The van der Waals surface area contributed by atoms with Gasteiger partial charge in [0.25, 0.3) is 0 Å². The average Bonchev–Trinajstić information content (AvgIpc) is 2.24. The zero-order valence-corrected chi connectivity index (χ0v) is 11.8. The van der Waals surface area contributed by atoms with Gasteiger partial charge < -0.3 is 4.74 Å². The lowest BCUT2D eigenvalue weighted by atomic mass is 10.0. The summed E-state index contributed by atoms with van der Waals surface area (Å²) in [4.78, 5) is 19.8. The number of cyclic esters (lactones) is 1. The second-order valence-electron chi connectivity index (χ2n) is 4.02. The Morgan fingerprint density at radius 3 is 2.39 bits per heavy atom. The highest BCUT2D eigenvalue weighted by Gasteiger charge is 2.39. The van der Waals surface area contributed by atoms with Crippen LogP contribution in [0.15, 0.2) is 17.1 Å². The minimum atomic E-state index is -1.18. The Bertz CT molecular complexity index is 527. The normalized spacial score (nSPS) is 27.7. The molecule has 96 valence electrons. The fourth-order valence-corrected chi connectivity index (χ4v) is 2.24. The second-order valence-corrected chi connectivity index (χ2v) is 5.23. The van der Waals surface area contributed by atoms with Gasteiger partial charge in [-0.3, -0.25) is 0 Å². The van der Waals surface area contributed by atoms with Crippen molar-refractivity contribution in [3.05, 3.63) is 28.0 Å². The third-order valence-electron chi connectivity index (χ3n) is 2.56. The van der Waals surface area contributed by atoms with Crippen LogP contribution in [0.3, 0.4) is 0 Å². The van der Waals surface area contributed by atoms with Crippen LogP contribution < -0.4 is 0 Å². The third-order valence-corrected chi connectivity index (χ3v) is 3.44. The number of nitrogens with zero attached hydrogens (tertiary/aromatic N) is 2. The van der Waals surface area contributed by atoms with Gasteiger partial charge in [-0.25, -0.2) is 14.8 Å². The Morgan fingerprint density at radius 2 is 1.89 bits per heavy atom. The maximum absolute atomic E-state index is 11.6. The van der Waals surface area contributed by atoms with Crippen molar-refractivity contribution in [3.8, 4) is 0 Å². The Kier molecular flexibility index (Phi) is 3.54. The molecular weight excluding hydrogens is 298 g/mol. The van der Waals surface area contributed by atoms with Crippen LogP contribution in [-0.2, 0) is 15.3 Å². The van der Waals surface area contributed by atoms with Gasteiger partial charge in [-0.1, -0.05) is 23.2 Å². The monoisotopic (exact) mass is 306 g/mol. The number of carbonyl (C=O) groups excluding carboxylic acids is 1. The molecule has 2 rings (SSSR count). The molecule has 0 radical (unpaired) electrons. The third kappa shape index (κ3) is 2.46. The van der Waals surface area contributed by atoms with E-state index in [2.05, 4.69) is 9.98 Å². The van der Waals surface area contributed by atoms with E-state index in [0.717, 1.165) is 0 Å². The summed E-state index contributed by atoms with van der Waals surface area (Å²) in [6.45, 7) is 3.31. The van der Waals surface area contributed by atoms with Crippen molar-refractivity contribution in [2.24, 2.45) is 4.99 Å². The molecule has 0 fully saturated rings. The van der Waals surface area contributed by atoms with E-state index in [1.54, 1.807) is 26.0 Å². The van der Waals surface area contributed by atoms with Crippen LogP contribution in [0.2, 0.25) is 10.3 Å². The molecule has 1 aromatic heterocycles. The summed E-state index contributed by atoms with van der Waals surface area (Å²) >= 11 is 17.5. The quantitative estimate of drug-likeness (QED) is 0.455. The predicted octanol–water partition coefficient (Wildman–Crippen LogP) is 3.19. The van der Waals surface area contributed by atoms with Crippen LogP contribution in [0.25, 0.3) is 0 Å². The summed E-state index contributed by atoms with van der Waals surface area (Å²) in [5.41, 5.74) is -0.147. The van der Waals surface area contributed by atoms with Crippen LogP contribution in [0.4, 0.5) is 0 Å². The fraction of sp³-hybridized carbons (Fsp3) is 0.364. The summed E-state index contributed by atoms with van der Waals surface area (Å²) in [6.07, 6.45) is 0. The number of carbonyl (C=O) groups is 1. The van der Waals surface area contributed by atoms with Gasteiger partial charge in [-0.15, -0.1) is 11.6 Å². The Morgan fingerprint density at radius 1 is 1.33 bits per heavy atom. The predicted molar refractivity (Wildman–Crippen MR) is 70.5 cm³/mol. The fourth-order valence-electron chi connectivity index (χ4n) is 1.69. The molecule has 0 aliphatic carbocycles. The highest BCUT2D eigenvalue weighted by Crippen LogP contribution is 2.34. The molecule has 7 heteroatoms. The van der Waals surface area contributed by atoms with E-state index in [0.29, 0.717) is 11.3 Å². The number of aromatic nitrogens is 1. The number of esters is 1. The Balaban J connectivity index is 2.52. The summed E-state index contributed by atoms with van der Waals surface area (Å²) in [7, 11) is 0. The SMILES string of the molecule is CC1=N[C@@](C)(c2cc(Cl)nc(Cl)c2)OC(=O)C1Cl. The van der Waals surface area contributed by atoms with E-state index < -0.39 is 17.1 Å². The first kappa shape index (κ1) is 13.6. The smallest absolute Gasteiger partial charge is 0.332 e. The second kappa shape index (κ2) is 4.68. The molecule has 1 aromatic rings. The molecule has 0 bridgehead atoms. The number of halogens is 3. The van der Waals surface area contributed by atoms with Crippen LogP contribution in [0.5, 0.6) is 0 Å². The largest absolute Gasteiger partial charge is 0.432 e. The van der Waals surface area contributed by atoms with E-state index in [1.165, 1.54) is 0 Å². The van der Waals surface area contributed by atoms with Crippen molar-refractivity contribution < 1.29 is 9.53 Å². The number of hydrogen-bond acceptors (Lipinski definition) is 4. The standard InChI is InChI=1S/C11H9Cl3N2O2/c1-5-9(14)10(17)18-11(2,16-5)6-3-7(12)15-8(13)4-6/h3-4,9H,1-2H3/t9?,11-/m1/s1. The van der Waals surface area contributed by atoms with Crippen molar-refractivity contribution in [3.63, 3.8) is 0 Å². The van der Waals surface area contributed by atoms with Crippen LogP contribution in [0.1, 0.15) is 19.4 Å². The molecule has 0 spiro atoms. The first-order valence-electron chi connectivity index (χ1n) is 5.09. The van der Waals surface area contributed by atoms with Crippen molar-refractivity contribution >= 4 is 46.5 Å². The maximum Gasteiger partial charge on any atom is 0.332 e. The van der Waals surface area contributed by atoms with Gasteiger partial charge >= 0.3 is 5.97 Å². The maximum atomic E-state index is 11.6. The van der Waals surface area contributed by atoms with E-state index in [9.17, 15) is 4.79 Å². The first-order chi connectivity index (χ1) is 8.32. The summed E-state index contributed by atoms with van der Waals surface area (Å²) < 4.78 is 5.25. The molecule has 1 aliphatic rings. The number of rotatable bonds is 1. The van der Waals surface area contributed by atoms with Gasteiger partial charge in [-0.05, 0) is 19.1 Å². The van der Waals surface area contributed by atoms with E-state index in [1.807, 2.05) is 0 Å². The molecule has 2 atom stereocenters. The van der Waals surface area contributed by atoms with Gasteiger partial charge in [0.2, 0.25) is 5.72 Å². The molecule has 0 saturated carbocycles. The van der Waals surface area contributed by atoms with Crippen molar-refractivity contribution in [1.82, 2.24) is 4.98 Å². The lowest BCUT2D eigenvalue weighted by molar-refractivity contribution is -0.158. The molecule has 18 heavy (non-hydrogen) atoms. The number of alkyl halides is 1. The highest BCUT2D eigenvalue weighted by atomic mass is 35.5. The van der Waals surface area contributed by atoms with E-state index in [-0.39, 0.29) is 10.3 Å². The summed E-state index contributed by atoms with van der Waals surface area (Å²) in [6, 6.07) is 3.10. The van der Waals surface area contributed by atoms with Gasteiger partial charge in [0.05, 0.1) is 0 Å². The zero-order valence-electron chi connectivity index (χ0n) is 9.58. The van der Waals surface area contributed by atoms with Gasteiger partial charge in [0, 0.05) is 18.2 Å². The lowest BCUT2D eigenvalue weighted by Crippen LogP contribution is -2.40. The molecule has 0 amide bonds. The number of hydrogen-bond donors (Lipinski definition) is 0. The van der Waals surface area contributed by atoms with E-state index in [4.69, 9.17) is 39.5 Å². The summed E-state index contributed by atoms with van der Waals surface area (Å²) in [5, 5.41) is -0.447. The molecule has 1 aliphatic heterocycles. The average molecular weight is 308 g/mol. The molecule has 2 heterocycles. The van der Waals surface area contributed by atoms with Crippen molar-refractivity contribution in [1.29, 1.82) is 0 Å². The molecule has 0 aromatic carbocycles. The molecule has 0 N–H and O–H groups in total. The number of ether oxygens (including phenoxy) is 1. The Labute approximate surface area is 119 Å². The van der Waals surface area contributed by atoms with Gasteiger partial charge in [0.15, 0.2) is 5.38 Å². The van der Waals surface area contributed by atoms with Crippen LogP contribution >= 0.6 is 34.8 Å². The zero-order chi connectivity index (χ0) is 13.5. The van der Waals surface area contributed by atoms with Crippen LogP contribution in [-0.4, -0.2) is 22.0 Å².